The van der Waals surface area contributed by atoms with Crippen LogP contribution in [0, 0.1) is 15.5 Å². The summed E-state index contributed by atoms with van der Waals surface area (Å²) in [7, 11) is 1.75. The van der Waals surface area contributed by atoms with Crippen LogP contribution in [-0.2, 0) is 0 Å². The third-order valence-electron chi connectivity index (χ3n) is 3.64. The average molecular weight is 264 g/mol. The molecule has 0 bridgehead atoms. The normalized spacial score (nSPS) is 21.1. The third kappa shape index (κ3) is 3.13. The van der Waals surface area contributed by atoms with E-state index in [1.165, 1.54) is 6.07 Å². The van der Waals surface area contributed by atoms with Gasteiger partial charge >= 0.3 is 5.69 Å². The lowest BCUT2D eigenvalue weighted by Crippen LogP contribution is -2.19. The zero-order valence-corrected chi connectivity index (χ0v) is 11.6. The van der Waals surface area contributed by atoms with Crippen molar-refractivity contribution in [2.24, 2.45) is 5.41 Å². The van der Waals surface area contributed by atoms with Crippen LogP contribution >= 0.6 is 0 Å². The van der Waals surface area contributed by atoms with Crippen molar-refractivity contribution >= 4 is 17.3 Å². The summed E-state index contributed by atoms with van der Waals surface area (Å²) in [6.45, 7) is 4.45. The van der Waals surface area contributed by atoms with Gasteiger partial charge in [0.05, 0.1) is 4.92 Å². The van der Waals surface area contributed by atoms with Gasteiger partial charge < -0.3 is 10.6 Å². The van der Waals surface area contributed by atoms with Gasteiger partial charge in [0, 0.05) is 19.2 Å². The van der Waals surface area contributed by atoms with E-state index >= 15 is 0 Å². The van der Waals surface area contributed by atoms with Gasteiger partial charge in [-0.15, -0.1) is 0 Å². The summed E-state index contributed by atoms with van der Waals surface area (Å²) in [5, 5.41) is 17.2. The Morgan fingerprint density at radius 1 is 1.47 bits per heavy atom. The maximum Gasteiger partial charge on any atom is 0.311 e. The fourth-order valence-electron chi connectivity index (χ4n) is 2.60. The van der Waals surface area contributed by atoms with Crippen LogP contribution in [0.25, 0.3) is 0 Å². The molecule has 104 valence electrons. The highest BCUT2D eigenvalue weighted by atomic mass is 16.6. The van der Waals surface area contributed by atoms with Crippen molar-refractivity contribution in [3.8, 4) is 0 Å². The van der Waals surface area contributed by atoms with E-state index in [1.807, 2.05) is 0 Å². The molecule has 2 N–H and O–H groups in total. The molecule has 1 saturated carbocycles. The van der Waals surface area contributed by atoms with Gasteiger partial charge in [-0.2, -0.15) is 0 Å². The number of nitrogens with one attached hydrogen (secondary N) is 2. The molecule has 6 heteroatoms. The van der Waals surface area contributed by atoms with E-state index in [0.29, 0.717) is 17.1 Å². The molecular formula is C13H20N4O2. The third-order valence-corrected chi connectivity index (χ3v) is 3.64. The molecule has 1 aromatic heterocycles. The molecule has 1 aromatic rings. The maximum atomic E-state index is 11.0. The van der Waals surface area contributed by atoms with Crippen molar-refractivity contribution in [2.75, 3.05) is 17.7 Å². The Bertz CT molecular complexity index is 488. The first-order valence-corrected chi connectivity index (χ1v) is 6.51. The number of aromatic nitrogens is 1. The topological polar surface area (TPSA) is 80.1 Å². The monoisotopic (exact) mass is 264 g/mol. The lowest BCUT2D eigenvalue weighted by atomic mass is 9.92. The van der Waals surface area contributed by atoms with Crippen molar-refractivity contribution in [1.82, 2.24) is 4.98 Å². The second-order valence-corrected chi connectivity index (χ2v) is 5.82. The van der Waals surface area contributed by atoms with Gasteiger partial charge in [0.1, 0.15) is 5.82 Å². The lowest BCUT2D eigenvalue weighted by Gasteiger charge is -2.18. The number of pyridine rings is 1. The second kappa shape index (κ2) is 5.03. The number of rotatable bonds is 4. The van der Waals surface area contributed by atoms with Crippen molar-refractivity contribution in [2.45, 2.75) is 39.2 Å². The minimum atomic E-state index is -0.394. The Labute approximate surface area is 112 Å². The van der Waals surface area contributed by atoms with E-state index in [0.717, 1.165) is 19.3 Å². The first kappa shape index (κ1) is 13.6. The smallest absolute Gasteiger partial charge is 0.311 e. The first-order valence-electron chi connectivity index (χ1n) is 6.51. The fourth-order valence-corrected chi connectivity index (χ4v) is 2.60. The SMILES string of the molecule is CNc1ccc([N+](=O)[O-])c(NC2CCC(C)(C)C2)n1. The quantitative estimate of drug-likeness (QED) is 0.645. The van der Waals surface area contributed by atoms with Crippen molar-refractivity contribution < 1.29 is 4.92 Å². The number of hydrogen-bond acceptors (Lipinski definition) is 5. The number of nitro groups is 1. The first-order chi connectivity index (χ1) is 8.91. The Hall–Kier alpha value is -1.85. The standard InChI is InChI=1S/C13H20N4O2/c1-13(2)7-6-9(8-13)15-12-10(17(18)19)4-5-11(14-3)16-12/h4-5,9H,6-8H2,1-3H3,(H2,14,15,16). The van der Waals surface area contributed by atoms with Gasteiger partial charge in [0.25, 0.3) is 0 Å². The Balaban J connectivity index is 2.20. The van der Waals surface area contributed by atoms with Crippen molar-refractivity contribution in [1.29, 1.82) is 0 Å². The molecule has 0 aliphatic heterocycles. The Kier molecular flexibility index (Phi) is 3.59. The highest BCUT2D eigenvalue weighted by molar-refractivity contribution is 5.60. The van der Waals surface area contributed by atoms with Crippen molar-refractivity contribution in [3.63, 3.8) is 0 Å². The van der Waals surface area contributed by atoms with Crippen LogP contribution in [0.5, 0.6) is 0 Å². The summed E-state index contributed by atoms with van der Waals surface area (Å²) >= 11 is 0. The number of hydrogen-bond donors (Lipinski definition) is 2. The zero-order chi connectivity index (χ0) is 14.0. The predicted molar refractivity (Wildman–Crippen MR) is 75.5 cm³/mol. The minimum Gasteiger partial charge on any atom is -0.373 e. The zero-order valence-electron chi connectivity index (χ0n) is 11.6. The largest absolute Gasteiger partial charge is 0.373 e. The summed E-state index contributed by atoms with van der Waals surface area (Å²) in [5.41, 5.74) is 0.330. The molecule has 6 nitrogen and oxygen atoms in total. The van der Waals surface area contributed by atoms with Crippen LogP contribution < -0.4 is 10.6 Å². The highest BCUT2D eigenvalue weighted by Gasteiger charge is 2.32. The molecule has 1 aliphatic carbocycles. The van der Waals surface area contributed by atoms with E-state index in [4.69, 9.17) is 0 Å². The lowest BCUT2D eigenvalue weighted by molar-refractivity contribution is -0.384. The van der Waals surface area contributed by atoms with E-state index in [-0.39, 0.29) is 11.7 Å². The molecular weight excluding hydrogens is 244 g/mol. The number of anilines is 2. The molecule has 19 heavy (non-hydrogen) atoms. The molecule has 0 aromatic carbocycles. The van der Waals surface area contributed by atoms with E-state index < -0.39 is 4.92 Å². The van der Waals surface area contributed by atoms with Gasteiger partial charge in [-0.25, -0.2) is 4.98 Å². The fraction of sp³-hybridized carbons (Fsp3) is 0.615. The van der Waals surface area contributed by atoms with Crippen LogP contribution in [-0.4, -0.2) is 23.0 Å². The van der Waals surface area contributed by atoms with E-state index in [2.05, 4.69) is 29.5 Å². The molecule has 2 rings (SSSR count). The Morgan fingerprint density at radius 3 is 2.74 bits per heavy atom. The van der Waals surface area contributed by atoms with Crippen LogP contribution in [0.3, 0.4) is 0 Å². The molecule has 1 aliphatic rings. The molecule has 0 saturated heterocycles. The summed E-state index contributed by atoms with van der Waals surface area (Å²) < 4.78 is 0. The predicted octanol–water partition coefficient (Wildman–Crippen LogP) is 3.02. The van der Waals surface area contributed by atoms with Gasteiger partial charge in [-0.1, -0.05) is 13.8 Å². The highest BCUT2D eigenvalue weighted by Crippen LogP contribution is 2.39. The van der Waals surface area contributed by atoms with Crippen molar-refractivity contribution in [3.05, 3.63) is 22.2 Å². The van der Waals surface area contributed by atoms with Gasteiger partial charge in [-0.3, -0.25) is 10.1 Å². The van der Waals surface area contributed by atoms with Gasteiger partial charge in [0.15, 0.2) is 0 Å². The molecule has 1 unspecified atom stereocenters. The summed E-state index contributed by atoms with van der Waals surface area (Å²) in [4.78, 5) is 14.9. The minimum absolute atomic E-state index is 0.0312. The van der Waals surface area contributed by atoms with Crippen LogP contribution in [0.15, 0.2) is 12.1 Å². The molecule has 1 fully saturated rings. The summed E-state index contributed by atoms with van der Waals surface area (Å²) in [6, 6.07) is 3.36. The Morgan fingerprint density at radius 2 is 2.21 bits per heavy atom. The van der Waals surface area contributed by atoms with E-state index in [1.54, 1.807) is 13.1 Å². The molecule has 1 heterocycles. The van der Waals surface area contributed by atoms with Crippen LogP contribution in [0.2, 0.25) is 0 Å². The van der Waals surface area contributed by atoms with Gasteiger partial charge in [-0.05, 0) is 30.7 Å². The molecule has 0 radical (unpaired) electrons. The summed E-state index contributed by atoms with van der Waals surface area (Å²) in [5.74, 6) is 0.991. The maximum absolute atomic E-state index is 11.0. The number of nitrogens with zero attached hydrogens (tertiary/aromatic N) is 2. The average Bonchev–Trinajstić information content (AvgIpc) is 2.68. The molecule has 1 atom stereocenters. The van der Waals surface area contributed by atoms with Crippen LogP contribution in [0.1, 0.15) is 33.1 Å². The second-order valence-electron chi connectivity index (χ2n) is 5.82. The summed E-state index contributed by atoms with van der Waals surface area (Å²) in [6.07, 6.45) is 3.16. The van der Waals surface area contributed by atoms with Crippen LogP contribution in [0.4, 0.5) is 17.3 Å². The molecule has 0 amide bonds. The molecule has 0 spiro atoms. The van der Waals surface area contributed by atoms with E-state index in [9.17, 15) is 10.1 Å². The van der Waals surface area contributed by atoms with Gasteiger partial charge in [0.2, 0.25) is 5.82 Å².